The number of nitrogens with zero attached hydrogens (tertiary/aromatic N) is 6. The zero-order valence-corrected chi connectivity index (χ0v) is 14.1. The SMILES string of the molecule is COc1ccc(Nc2ncnc(-n3nnc4ccccc43)c2[N+](=O)[O-])cc1. The van der Waals surface area contributed by atoms with Gasteiger partial charge < -0.3 is 10.1 Å². The molecule has 27 heavy (non-hydrogen) atoms. The van der Waals surface area contributed by atoms with E-state index >= 15 is 0 Å². The Morgan fingerprint density at radius 1 is 1.11 bits per heavy atom. The Morgan fingerprint density at radius 2 is 1.89 bits per heavy atom. The molecular formula is C17H13N7O3. The summed E-state index contributed by atoms with van der Waals surface area (Å²) in [5, 5.41) is 22.7. The third-order valence-corrected chi connectivity index (χ3v) is 3.89. The van der Waals surface area contributed by atoms with Crippen LogP contribution in [0.1, 0.15) is 0 Å². The molecule has 4 aromatic rings. The number of anilines is 2. The summed E-state index contributed by atoms with van der Waals surface area (Å²) in [6.45, 7) is 0. The monoisotopic (exact) mass is 363 g/mol. The van der Waals surface area contributed by atoms with E-state index in [2.05, 4.69) is 25.6 Å². The van der Waals surface area contributed by atoms with E-state index in [0.717, 1.165) is 0 Å². The number of methoxy groups -OCH3 is 1. The average Bonchev–Trinajstić information content (AvgIpc) is 3.12. The standard InChI is InChI=1S/C17H13N7O3/c1-27-12-8-6-11(7-9-12)20-16-15(24(25)26)17(19-10-18-16)23-14-5-3-2-4-13(14)21-22-23/h2-10H,1H3,(H,18,19,20). The highest BCUT2D eigenvalue weighted by Gasteiger charge is 2.26. The summed E-state index contributed by atoms with van der Waals surface area (Å²) in [5.74, 6) is 0.752. The lowest BCUT2D eigenvalue weighted by Gasteiger charge is -2.09. The van der Waals surface area contributed by atoms with Crippen LogP contribution in [0.15, 0.2) is 54.9 Å². The Morgan fingerprint density at radius 3 is 2.63 bits per heavy atom. The van der Waals surface area contributed by atoms with Crippen LogP contribution in [0.25, 0.3) is 16.9 Å². The van der Waals surface area contributed by atoms with E-state index in [9.17, 15) is 10.1 Å². The number of hydrogen-bond donors (Lipinski definition) is 1. The van der Waals surface area contributed by atoms with Crippen LogP contribution in [0.3, 0.4) is 0 Å². The van der Waals surface area contributed by atoms with Gasteiger partial charge in [0.05, 0.1) is 17.5 Å². The van der Waals surface area contributed by atoms with Gasteiger partial charge in [-0.05, 0) is 36.4 Å². The third kappa shape index (κ3) is 2.99. The fraction of sp³-hybridized carbons (Fsp3) is 0.0588. The molecule has 10 heteroatoms. The Hall–Kier alpha value is -4.08. The van der Waals surface area contributed by atoms with Gasteiger partial charge in [-0.25, -0.2) is 9.97 Å². The van der Waals surface area contributed by atoms with Crippen LogP contribution in [-0.2, 0) is 0 Å². The first-order valence-electron chi connectivity index (χ1n) is 7.88. The zero-order valence-electron chi connectivity index (χ0n) is 14.1. The van der Waals surface area contributed by atoms with Crippen molar-refractivity contribution in [3.8, 4) is 11.6 Å². The molecule has 0 aliphatic carbocycles. The van der Waals surface area contributed by atoms with Crippen LogP contribution < -0.4 is 10.1 Å². The molecule has 0 saturated heterocycles. The van der Waals surface area contributed by atoms with E-state index in [-0.39, 0.29) is 17.3 Å². The van der Waals surface area contributed by atoms with Crippen molar-refractivity contribution >= 4 is 28.2 Å². The molecule has 0 spiro atoms. The Bertz CT molecular complexity index is 1130. The molecule has 134 valence electrons. The minimum atomic E-state index is -0.544. The Labute approximate surface area is 152 Å². The highest BCUT2D eigenvalue weighted by atomic mass is 16.6. The lowest BCUT2D eigenvalue weighted by Crippen LogP contribution is -2.08. The van der Waals surface area contributed by atoms with E-state index in [4.69, 9.17) is 4.74 Å². The number of para-hydroxylation sites is 1. The maximum Gasteiger partial charge on any atom is 0.356 e. The van der Waals surface area contributed by atoms with Crippen molar-refractivity contribution in [1.82, 2.24) is 25.0 Å². The molecule has 0 fully saturated rings. The highest BCUT2D eigenvalue weighted by molar-refractivity contribution is 5.78. The number of nitro groups is 1. The Kier molecular flexibility index (Phi) is 4.05. The van der Waals surface area contributed by atoms with Crippen LogP contribution in [0, 0.1) is 10.1 Å². The molecular weight excluding hydrogens is 350 g/mol. The quantitative estimate of drug-likeness (QED) is 0.424. The molecule has 2 heterocycles. The van der Waals surface area contributed by atoms with E-state index < -0.39 is 4.92 Å². The second-order valence-corrected chi connectivity index (χ2v) is 5.50. The van der Waals surface area contributed by atoms with Gasteiger partial charge in [0, 0.05) is 5.69 Å². The number of benzene rings is 2. The second kappa shape index (κ2) is 6.67. The van der Waals surface area contributed by atoms with E-state index in [1.54, 1.807) is 49.6 Å². The number of hydrogen-bond acceptors (Lipinski definition) is 8. The fourth-order valence-electron chi connectivity index (χ4n) is 2.62. The third-order valence-electron chi connectivity index (χ3n) is 3.89. The summed E-state index contributed by atoms with van der Waals surface area (Å²) in [5.41, 5.74) is 1.53. The van der Waals surface area contributed by atoms with Gasteiger partial charge in [-0.1, -0.05) is 17.3 Å². The predicted octanol–water partition coefficient (Wildman–Crippen LogP) is 2.87. The summed E-state index contributed by atoms with van der Waals surface area (Å²) in [6.07, 6.45) is 1.24. The molecule has 0 radical (unpaired) electrons. The summed E-state index contributed by atoms with van der Waals surface area (Å²) < 4.78 is 6.44. The molecule has 4 rings (SSSR count). The largest absolute Gasteiger partial charge is 0.497 e. The first-order valence-corrected chi connectivity index (χ1v) is 7.88. The normalized spacial score (nSPS) is 10.7. The van der Waals surface area contributed by atoms with Crippen molar-refractivity contribution in [3.63, 3.8) is 0 Å². The molecule has 0 atom stereocenters. The lowest BCUT2D eigenvalue weighted by molar-refractivity contribution is -0.384. The summed E-state index contributed by atoms with van der Waals surface area (Å²) in [7, 11) is 1.56. The van der Waals surface area contributed by atoms with Gasteiger partial charge in [0.25, 0.3) is 0 Å². The number of aromatic nitrogens is 5. The van der Waals surface area contributed by atoms with Crippen LogP contribution in [-0.4, -0.2) is 37.0 Å². The van der Waals surface area contributed by atoms with E-state index in [1.807, 2.05) is 6.07 Å². The molecule has 0 bridgehead atoms. The van der Waals surface area contributed by atoms with Crippen molar-refractivity contribution in [3.05, 3.63) is 65.0 Å². The molecule has 2 aromatic carbocycles. The number of fused-ring (bicyclic) bond motifs is 1. The van der Waals surface area contributed by atoms with Gasteiger partial charge in [0.15, 0.2) is 0 Å². The minimum absolute atomic E-state index is 0.0275. The van der Waals surface area contributed by atoms with Crippen molar-refractivity contribution in [1.29, 1.82) is 0 Å². The van der Waals surface area contributed by atoms with Crippen LogP contribution >= 0.6 is 0 Å². The zero-order chi connectivity index (χ0) is 18.8. The van der Waals surface area contributed by atoms with Gasteiger partial charge in [0.2, 0.25) is 11.6 Å². The molecule has 0 amide bonds. The summed E-state index contributed by atoms with van der Waals surface area (Å²) in [4.78, 5) is 19.3. The lowest BCUT2D eigenvalue weighted by atomic mass is 10.3. The van der Waals surface area contributed by atoms with E-state index in [0.29, 0.717) is 22.5 Å². The summed E-state index contributed by atoms with van der Waals surface area (Å²) >= 11 is 0. The number of rotatable bonds is 5. The second-order valence-electron chi connectivity index (χ2n) is 5.50. The van der Waals surface area contributed by atoms with Crippen molar-refractivity contribution < 1.29 is 9.66 Å². The molecule has 0 aliphatic rings. The molecule has 0 aliphatic heterocycles. The van der Waals surface area contributed by atoms with Gasteiger partial charge in [-0.2, -0.15) is 4.68 Å². The van der Waals surface area contributed by atoms with Crippen molar-refractivity contribution in [2.45, 2.75) is 0 Å². The smallest absolute Gasteiger partial charge is 0.356 e. The van der Waals surface area contributed by atoms with Crippen LogP contribution in [0.4, 0.5) is 17.2 Å². The van der Waals surface area contributed by atoms with Crippen LogP contribution in [0.5, 0.6) is 5.75 Å². The molecule has 0 unspecified atom stereocenters. The van der Waals surface area contributed by atoms with Crippen LogP contribution in [0.2, 0.25) is 0 Å². The predicted molar refractivity (Wildman–Crippen MR) is 97.4 cm³/mol. The number of nitrogens with one attached hydrogen (secondary N) is 1. The maximum atomic E-state index is 11.8. The minimum Gasteiger partial charge on any atom is -0.497 e. The first-order chi connectivity index (χ1) is 13.2. The topological polar surface area (TPSA) is 121 Å². The van der Waals surface area contributed by atoms with Gasteiger partial charge >= 0.3 is 5.69 Å². The average molecular weight is 363 g/mol. The molecule has 1 N–H and O–H groups in total. The van der Waals surface area contributed by atoms with Crippen molar-refractivity contribution in [2.75, 3.05) is 12.4 Å². The molecule has 10 nitrogen and oxygen atoms in total. The van der Waals surface area contributed by atoms with Crippen molar-refractivity contribution in [2.24, 2.45) is 0 Å². The number of ether oxygens (including phenoxy) is 1. The first kappa shape index (κ1) is 16.4. The van der Waals surface area contributed by atoms with Gasteiger partial charge in [-0.3, -0.25) is 10.1 Å². The maximum absolute atomic E-state index is 11.8. The van der Waals surface area contributed by atoms with Gasteiger partial charge in [0.1, 0.15) is 17.6 Å². The molecule has 2 aromatic heterocycles. The fourth-order valence-corrected chi connectivity index (χ4v) is 2.62. The summed E-state index contributed by atoms with van der Waals surface area (Å²) in [6, 6.07) is 14.1. The molecule has 0 saturated carbocycles. The van der Waals surface area contributed by atoms with E-state index in [1.165, 1.54) is 11.0 Å². The highest BCUT2D eigenvalue weighted by Crippen LogP contribution is 2.31. The van der Waals surface area contributed by atoms with Gasteiger partial charge in [-0.15, -0.1) is 5.10 Å². The Balaban J connectivity index is 1.81.